The van der Waals surface area contributed by atoms with Gasteiger partial charge in [-0.2, -0.15) is 0 Å². The van der Waals surface area contributed by atoms with Gasteiger partial charge >= 0.3 is 0 Å². The molecule has 13 heavy (non-hydrogen) atoms. The molecule has 3 nitrogen and oxygen atoms in total. The molecular weight excluding hydrogens is 164 g/mol. The van der Waals surface area contributed by atoms with Crippen molar-refractivity contribution in [3.63, 3.8) is 0 Å². The van der Waals surface area contributed by atoms with Gasteiger partial charge in [0.25, 0.3) is 0 Å². The number of hydrogen-bond acceptors (Lipinski definition) is 2. The Balaban J connectivity index is 3.21. The van der Waals surface area contributed by atoms with E-state index < -0.39 is 0 Å². The van der Waals surface area contributed by atoms with Gasteiger partial charge in [0.15, 0.2) is 0 Å². The largest absolute Gasteiger partial charge is 0.353 e. The van der Waals surface area contributed by atoms with Crippen molar-refractivity contribution in [2.75, 3.05) is 27.2 Å². The van der Waals surface area contributed by atoms with E-state index in [1.54, 1.807) is 12.2 Å². The first kappa shape index (κ1) is 12.2. The molecule has 0 unspecified atom stereocenters. The molecular formula is C10H20N2O. The standard InChI is InChI=1S/C10H20N2O/c1-4-7-10(13)11-8-5-6-9-12(2)3/h4,7H,5-6,8-9H2,1-3H3,(H,11,13). The Morgan fingerprint density at radius 2 is 2.08 bits per heavy atom. The third-order valence-electron chi connectivity index (χ3n) is 1.65. The quantitative estimate of drug-likeness (QED) is 0.494. The maximum Gasteiger partial charge on any atom is 0.243 e. The summed E-state index contributed by atoms with van der Waals surface area (Å²) < 4.78 is 0. The van der Waals surface area contributed by atoms with Gasteiger partial charge in [-0.05, 0) is 46.5 Å². The molecule has 0 bridgehead atoms. The van der Waals surface area contributed by atoms with Crippen molar-refractivity contribution in [2.24, 2.45) is 0 Å². The van der Waals surface area contributed by atoms with Crippen LogP contribution in [0.3, 0.4) is 0 Å². The highest BCUT2D eigenvalue weighted by molar-refractivity contribution is 5.87. The van der Waals surface area contributed by atoms with Gasteiger partial charge in [-0.25, -0.2) is 0 Å². The summed E-state index contributed by atoms with van der Waals surface area (Å²) >= 11 is 0. The second-order valence-corrected chi connectivity index (χ2v) is 3.30. The number of carbonyl (C=O) groups is 1. The first-order chi connectivity index (χ1) is 6.16. The summed E-state index contributed by atoms with van der Waals surface area (Å²) in [6.07, 6.45) is 5.46. The fourth-order valence-corrected chi connectivity index (χ4v) is 0.975. The molecule has 0 atom stereocenters. The van der Waals surface area contributed by atoms with Gasteiger partial charge < -0.3 is 10.2 Å². The Hall–Kier alpha value is -0.830. The zero-order valence-corrected chi connectivity index (χ0v) is 8.84. The SMILES string of the molecule is CC=CC(=O)NCCCCN(C)C. The summed E-state index contributed by atoms with van der Waals surface area (Å²) in [5.74, 6) is 0.00681. The zero-order valence-electron chi connectivity index (χ0n) is 8.84. The molecule has 0 aromatic heterocycles. The topological polar surface area (TPSA) is 32.3 Å². The molecule has 0 aliphatic carbocycles. The third-order valence-corrected chi connectivity index (χ3v) is 1.65. The highest BCUT2D eigenvalue weighted by Gasteiger charge is 1.94. The zero-order chi connectivity index (χ0) is 10.1. The van der Waals surface area contributed by atoms with Crippen LogP contribution in [0.25, 0.3) is 0 Å². The van der Waals surface area contributed by atoms with Crippen LogP contribution in [0, 0.1) is 0 Å². The number of carbonyl (C=O) groups excluding carboxylic acids is 1. The Labute approximate surface area is 80.8 Å². The van der Waals surface area contributed by atoms with Crippen molar-refractivity contribution in [3.8, 4) is 0 Å². The first-order valence-corrected chi connectivity index (χ1v) is 4.72. The van der Waals surface area contributed by atoms with Crippen molar-refractivity contribution in [2.45, 2.75) is 19.8 Å². The van der Waals surface area contributed by atoms with Gasteiger partial charge in [0.2, 0.25) is 5.91 Å². The molecule has 1 amide bonds. The smallest absolute Gasteiger partial charge is 0.243 e. The van der Waals surface area contributed by atoms with Gasteiger partial charge in [-0.1, -0.05) is 6.08 Å². The Morgan fingerprint density at radius 1 is 1.38 bits per heavy atom. The van der Waals surface area contributed by atoms with E-state index in [9.17, 15) is 4.79 Å². The lowest BCUT2D eigenvalue weighted by atomic mass is 10.3. The van der Waals surface area contributed by atoms with Gasteiger partial charge in [-0.3, -0.25) is 4.79 Å². The van der Waals surface area contributed by atoms with E-state index in [4.69, 9.17) is 0 Å². The van der Waals surface area contributed by atoms with Crippen molar-refractivity contribution >= 4 is 5.91 Å². The molecule has 0 aliphatic rings. The van der Waals surface area contributed by atoms with Crippen LogP contribution in [-0.4, -0.2) is 38.0 Å². The van der Waals surface area contributed by atoms with E-state index in [-0.39, 0.29) is 5.91 Å². The molecule has 76 valence electrons. The van der Waals surface area contributed by atoms with Gasteiger partial charge in [-0.15, -0.1) is 0 Å². The van der Waals surface area contributed by atoms with E-state index in [0.29, 0.717) is 0 Å². The molecule has 0 saturated carbocycles. The summed E-state index contributed by atoms with van der Waals surface area (Å²) in [5, 5.41) is 2.81. The highest BCUT2D eigenvalue weighted by Crippen LogP contribution is 1.88. The van der Waals surface area contributed by atoms with Crippen molar-refractivity contribution in [1.29, 1.82) is 0 Å². The van der Waals surface area contributed by atoms with E-state index in [0.717, 1.165) is 25.9 Å². The van der Waals surface area contributed by atoms with E-state index in [1.807, 2.05) is 6.92 Å². The summed E-state index contributed by atoms with van der Waals surface area (Å²) in [6.45, 7) is 3.70. The fourth-order valence-electron chi connectivity index (χ4n) is 0.975. The fraction of sp³-hybridized carbons (Fsp3) is 0.700. The highest BCUT2D eigenvalue weighted by atomic mass is 16.1. The summed E-state index contributed by atoms with van der Waals surface area (Å²) in [6, 6.07) is 0. The summed E-state index contributed by atoms with van der Waals surface area (Å²) in [4.78, 5) is 13.1. The molecule has 0 spiro atoms. The van der Waals surface area contributed by atoms with E-state index in [1.165, 1.54) is 0 Å². The minimum atomic E-state index is 0.00681. The maximum atomic E-state index is 10.9. The molecule has 0 aliphatic heterocycles. The Bertz CT molecular complexity index is 164. The molecule has 0 aromatic carbocycles. The summed E-state index contributed by atoms with van der Waals surface area (Å²) in [7, 11) is 4.11. The predicted octanol–water partition coefficient (Wildman–Crippen LogP) is 1.02. The van der Waals surface area contributed by atoms with Crippen LogP contribution in [-0.2, 0) is 4.79 Å². The monoisotopic (exact) mass is 184 g/mol. The Morgan fingerprint density at radius 3 is 2.62 bits per heavy atom. The van der Waals surface area contributed by atoms with Crippen LogP contribution in [0.1, 0.15) is 19.8 Å². The number of amides is 1. The van der Waals surface area contributed by atoms with E-state index >= 15 is 0 Å². The van der Waals surface area contributed by atoms with Gasteiger partial charge in [0.05, 0.1) is 0 Å². The molecule has 0 aromatic rings. The molecule has 0 fully saturated rings. The normalized spacial score (nSPS) is 11.1. The summed E-state index contributed by atoms with van der Waals surface area (Å²) in [5.41, 5.74) is 0. The number of rotatable bonds is 6. The first-order valence-electron chi connectivity index (χ1n) is 4.72. The molecule has 0 saturated heterocycles. The minimum absolute atomic E-state index is 0.00681. The van der Waals surface area contributed by atoms with Crippen LogP contribution < -0.4 is 5.32 Å². The van der Waals surface area contributed by atoms with Crippen LogP contribution in [0.5, 0.6) is 0 Å². The number of nitrogens with one attached hydrogen (secondary N) is 1. The van der Waals surface area contributed by atoms with E-state index in [2.05, 4.69) is 24.3 Å². The van der Waals surface area contributed by atoms with Crippen LogP contribution in [0.15, 0.2) is 12.2 Å². The third kappa shape index (κ3) is 9.08. The van der Waals surface area contributed by atoms with Crippen molar-refractivity contribution in [1.82, 2.24) is 10.2 Å². The minimum Gasteiger partial charge on any atom is -0.353 e. The second kappa shape index (κ2) is 7.80. The molecule has 0 radical (unpaired) electrons. The number of hydrogen-bond donors (Lipinski definition) is 1. The lowest BCUT2D eigenvalue weighted by Gasteiger charge is -2.08. The Kier molecular flexibility index (Phi) is 7.30. The molecule has 1 N–H and O–H groups in total. The van der Waals surface area contributed by atoms with Crippen molar-refractivity contribution < 1.29 is 4.79 Å². The second-order valence-electron chi connectivity index (χ2n) is 3.30. The van der Waals surface area contributed by atoms with Crippen LogP contribution in [0.4, 0.5) is 0 Å². The predicted molar refractivity (Wildman–Crippen MR) is 55.6 cm³/mol. The lowest BCUT2D eigenvalue weighted by Crippen LogP contribution is -2.23. The number of unbranched alkanes of at least 4 members (excludes halogenated alkanes) is 1. The van der Waals surface area contributed by atoms with Crippen molar-refractivity contribution in [3.05, 3.63) is 12.2 Å². The average Bonchev–Trinajstić information content (AvgIpc) is 2.03. The number of nitrogens with zero attached hydrogens (tertiary/aromatic N) is 1. The molecule has 0 rings (SSSR count). The van der Waals surface area contributed by atoms with Crippen LogP contribution in [0.2, 0.25) is 0 Å². The molecule has 0 heterocycles. The van der Waals surface area contributed by atoms with Gasteiger partial charge in [0, 0.05) is 6.54 Å². The van der Waals surface area contributed by atoms with Crippen LogP contribution >= 0.6 is 0 Å². The average molecular weight is 184 g/mol. The maximum absolute atomic E-state index is 10.9. The lowest BCUT2D eigenvalue weighted by molar-refractivity contribution is -0.116. The van der Waals surface area contributed by atoms with Gasteiger partial charge in [0.1, 0.15) is 0 Å². The number of allylic oxidation sites excluding steroid dienone is 1. The molecule has 3 heteroatoms.